The fourth-order valence-corrected chi connectivity index (χ4v) is 3.04. The van der Waals surface area contributed by atoms with Crippen molar-refractivity contribution < 1.29 is 4.39 Å². The number of aliphatic imine (C=N–C) groups is 1. The van der Waals surface area contributed by atoms with Gasteiger partial charge in [0.1, 0.15) is 0 Å². The molecule has 0 aliphatic carbocycles. The van der Waals surface area contributed by atoms with E-state index in [9.17, 15) is 4.39 Å². The predicted molar refractivity (Wildman–Crippen MR) is 92.9 cm³/mol. The third-order valence-corrected chi connectivity index (χ3v) is 4.32. The number of thioether (sulfide) groups is 1. The molecule has 2 nitrogen and oxygen atoms in total. The minimum absolute atomic E-state index is 0.0736. The van der Waals surface area contributed by atoms with Gasteiger partial charge in [-0.05, 0) is 39.9 Å². The zero-order valence-electron chi connectivity index (χ0n) is 13.5. The molecule has 0 unspecified atom stereocenters. The van der Waals surface area contributed by atoms with Crippen LogP contribution < -0.4 is 10.4 Å². The Bertz CT molecular complexity index is 680. The average molecular weight is 329 g/mol. The van der Waals surface area contributed by atoms with Crippen LogP contribution in [0.15, 0.2) is 4.99 Å². The number of aromatic nitrogens is 1. The van der Waals surface area contributed by atoms with Crippen molar-refractivity contribution >= 4 is 39.7 Å². The molecule has 0 spiro atoms. The van der Waals surface area contributed by atoms with E-state index in [1.807, 2.05) is 34.6 Å². The number of halogens is 2. The van der Waals surface area contributed by atoms with Crippen molar-refractivity contribution in [2.45, 2.75) is 48.0 Å². The highest BCUT2D eigenvalue weighted by Gasteiger charge is 2.11. The first-order chi connectivity index (χ1) is 9.83. The molecule has 0 aromatic carbocycles. The first kappa shape index (κ1) is 18.2. The van der Waals surface area contributed by atoms with Crippen LogP contribution in [0.1, 0.15) is 46.7 Å². The lowest BCUT2D eigenvalue weighted by atomic mass is 10.1. The smallest absolute Gasteiger partial charge is 0.168 e. The van der Waals surface area contributed by atoms with Crippen LogP contribution in [0.5, 0.6) is 0 Å². The molecule has 1 rings (SSSR count). The molecule has 1 aromatic heterocycles. The SMILES string of the molecule is CCSC(C)=N/C(C)=c1/c(C)nc(Cl)c(F)c1=C(C)CC. The van der Waals surface area contributed by atoms with Gasteiger partial charge in [-0.3, -0.25) is 4.99 Å². The second-order valence-corrected chi connectivity index (χ2v) is 6.65. The van der Waals surface area contributed by atoms with Crippen molar-refractivity contribution in [3.05, 3.63) is 27.1 Å². The number of rotatable bonds is 3. The third-order valence-electron chi connectivity index (χ3n) is 3.28. The Balaban J connectivity index is 3.87. The Hall–Kier alpha value is -0.870. The molecule has 21 heavy (non-hydrogen) atoms. The van der Waals surface area contributed by atoms with Crippen LogP contribution in [-0.2, 0) is 0 Å². The predicted octanol–water partition coefficient (Wildman–Crippen LogP) is 4.06. The summed E-state index contributed by atoms with van der Waals surface area (Å²) in [7, 11) is 0. The first-order valence-electron chi connectivity index (χ1n) is 7.03. The lowest BCUT2D eigenvalue weighted by molar-refractivity contribution is 0.607. The fourth-order valence-electron chi connectivity index (χ4n) is 2.20. The summed E-state index contributed by atoms with van der Waals surface area (Å²) in [4.78, 5) is 8.68. The molecule has 0 aliphatic heterocycles. The summed E-state index contributed by atoms with van der Waals surface area (Å²) < 4.78 is 14.4. The summed E-state index contributed by atoms with van der Waals surface area (Å²) >= 11 is 7.57. The van der Waals surface area contributed by atoms with Crippen LogP contribution in [0, 0.1) is 12.7 Å². The normalized spacial score (nSPS) is 15.1. The molecule has 0 atom stereocenters. The van der Waals surface area contributed by atoms with Gasteiger partial charge in [0.25, 0.3) is 0 Å². The zero-order valence-corrected chi connectivity index (χ0v) is 15.0. The summed E-state index contributed by atoms with van der Waals surface area (Å²) in [6.45, 7) is 11.7. The molecule has 1 aromatic rings. The summed E-state index contributed by atoms with van der Waals surface area (Å²) in [5.41, 5.74) is 2.43. The van der Waals surface area contributed by atoms with Gasteiger partial charge >= 0.3 is 0 Å². The number of pyridine rings is 1. The molecule has 0 saturated carbocycles. The Morgan fingerprint density at radius 3 is 2.38 bits per heavy atom. The van der Waals surface area contributed by atoms with Crippen molar-refractivity contribution in [2.24, 2.45) is 4.99 Å². The number of nitrogens with zero attached hydrogens (tertiary/aromatic N) is 2. The highest BCUT2D eigenvalue weighted by Crippen LogP contribution is 2.10. The maximum atomic E-state index is 14.4. The summed E-state index contributed by atoms with van der Waals surface area (Å²) in [5, 5.41) is 2.19. The molecule has 116 valence electrons. The molecule has 0 N–H and O–H groups in total. The molecule has 0 radical (unpaired) electrons. The minimum Gasteiger partial charge on any atom is -0.251 e. The fraction of sp³-hybridized carbons (Fsp3) is 0.500. The van der Waals surface area contributed by atoms with Crippen molar-refractivity contribution in [2.75, 3.05) is 5.75 Å². The maximum Gasteiger partial charge on any atom is 0.168 e. The van der Waals surface area contributed by atoms with Crippen molar-refractivity contribution in [1.82, 2.24) is 4.98 Å². The van der Waals surface area contributed by atoms with E-state index < -0.39 is 5.82 Å². The second-order valence-electron chi connectivity index (χ2n) is 4.84. The van der Waals surface area contributed by atoms with Crippen LogP contribution in [0.2, 0.25) is 5.15 Å². The Morgan fingerprint density at radius 1 is 1.24 bits per heavy atom. The molecular formula is C16H22ClFN2S. The molecule has 0 fully saturated rings. The standard InChI is InChI=1S/C16H22ClFN2S/c1-7-9(3)13-14(10(4)19-12(6)21-8-2)11(5)20-16(17)15(13)18/h7-8H2,1-6H3/b13-9?,14-10-,19-12?. The lowest BCUT2D eigenvalue weighted by Gasteiger charge is -2.07. The summed E-state index contributed by atoms with van der Waals surface area (Å²) in [6, 6.07) is 0. The van der Waals surface area contributed by atoms with Gasteiger partial charge in [0.2, 0.25) is 0 Å². The van der Waals surface area contributed by atoms with E-state index in [-0.39, 0.29) is 5.15 Å². The van der Waals surface area contributed by atoms with E-state index in [4.69, 9.17) is 11.6 Å². The number of aryl methyl sites for hydroxylation is 1. The van der Waals surface area contributed by atoms with Gasteiger partial charge in [-0.15, -0.1) is 11.8 Å². The highest BCUT2D eigenvalue weighted by molar-refractivity contribution is 8.13. The zero-order chi connectivity index (χ0) is 16.2. The molecule has 5 heteroatoms. The molecule has 0 bridgehead atoms. The van der Waals surface area contributed by atoms with Crippen LogP contribution >= 0.6 is 23.4 Å². The molecular weight excluding hydrogens is 307 g/mol. The lowest BCUT2D eigenvalue weighted by Crippen LogP contribution is -2.35. The van der Waals surface area contributed by atoms with Gasteiger partial charge in [-0.25, -0.2) is 9.37 Å². The van der Waals surface area contributed by atoms with Gasteiger partial charge in [0, 0.05) is 21.8 Å². The van der Waals surface area contributed by atoms with E-state index in [2.05, 4.69) is 16.9 Å². The highest BCUT2D eigenvalue weighted by atomic mass is 35.5. The van der Waals surface area contributed by atoms with Gasteiger partial charge in [0.15, 0.2) is 11.0 Å². The number of hydrogen-bond donors (Lipinski definition) is 0. The topological polar surface area (TPSA) is 25.2 Å². The largest absolute Gasteiger partial charge is 0.251 e. The number of hydrogen-bond acceptors (Lipinski definition) is 3. The third kappa shape index (κ3) is 4.30. The van der Waals surface area contributed by atoms with Gasteiger partial charge in [-0.1, -0.05) is 31.0 Å². The molecule has 0 amide bonds. The van der Waals surface area contributed by atoms with Crippen molar-refractivity contribution in [3.8, 4) is 0 Å². The van der Waals surface area contributed by atoms with Gasteiger partial charge in [0.05, 0.1) is 5.04 Å². The van der Waals surface area contributed by atoms with E-state index in [1.54, 1.807) is 11.8 Å². The Labute approximate surface area is 135 Å². The van der Waals surface area contributed by atoms with E-state index in [0.29, 0.717) is 10.9 Å². The van der Waals surface area contributed by atoms with Crippen LogP contribution in [-0.4, -0.2) is 15.8 Å². The molecule has 0 saturated heterocycles. The van der Waals surface area contributed by atoms with Crippen molar-refractivity contribution in [1.29, 1.82) is 0 Å². The monoisotopic (exact) mass is 328 g/mol. The van der Waals surface area contributed by atoms with Crippen LogP contribution in [0.3, 0.4) is 0 Å². The second kappa shape index (κ2) is 7.95. The Kier molecular flexibility index (Phi) is 6.88. The minimum atomic E-state index is -0.452. The average Bonchev–Trinajstić information content (AvgIpc) is 2.41. The first-order valence-corrected chi connectivity index (χ1v) is 8.40. The summed E-state index contributed by atoms with van der Waals surface area (Å²) in [6.07, 6.45) is 0.753. The van der Waals surface area contributed by atoms with Crippen LogP contribution in [0.25, 0.3) is 11.3 Å². The maximum absolute atomic E-state index is 14.4. The van der Waals surface area contributed by atoms with Crippen LogP contribution in [0.4, 0.5) is 4.39 Å². The van der Waals surface area contributed by atoms with E-state index in [1.165, 1.54) is 0 Å². The molecule has 0 aliphatic rings. The van der Waals surface area contributed by atoms with E-state index >= 15 is 0 Å². The van der Waals surface area contributed by atoms with Gasteiger partial charge in [-0.2, -0.15) is 0 Å². The quantitative estimate of drug-likeness (QED) is 0.475. The summed E-state index contributed by atoms with van der Waals surface area (Å²) in [5.74, 6) is 0.508. The van der Waals surface area contributed by atoms with Crippen molar-refractivity contribution in [3.63, 3.8) is 0 Å². The van der Waals surface area contributed by atoms with E-state index in [0.717, 1.165) is 33.7 Å². The molecule has 1 heterocycles. The van der Waals surface area contributed by atoms with Gasteiger partial charge < -0.3 is 0 Å². The Morgan fingerprint density at radius 2 is 1.86 bits per heavy atom.